The van der Waals surface area contributed by atoms with Gasteiger partial charge in [-0.15, -0.1) is 0 Å². The van der Waals surface area contributed by atoms with Crippen LogP contribution in [0.2, 0.25) is 0 Å². The van der Waals surface area contributed by atoms with E-state index in [1.54, 1.807) is 0 Å². The van der Waals surface area contributed by atoms with Gasteiger partial charge in [0.1, 0.15) is 5.75 Å². The lowest BCUT2D eigenvalue weighted by atomic mass is 9.86. The molecule has 140 valence electrons. The third kappa shape index (κ3) is 5.72. The van der Waals surface area contributed by atoms with Crippen molar-refractivity contribution in [2.45, 2.75) is 45.6 Å². The van der Waals surface area contributed by atoms with Crippen LogP contribution < -0.4 is 10.1 Å². The van der Waals surface area contributed by atoms with E-state index in [1.807, 2.05) is 18.2 Å². The van der Waals surface area contributed by atoms with Gasteiger partial charge >= 0.3 is 0 Å². The van der Waals surface area contributed by atoms with Gasteiger partial charge in [0.05, 0.1) is 13.2 Å². The van der Waals surface area contributed by atoms with Crippen LogP contribution in [0.15, 0.2) is 24.3 Å². The van der Waals surface area contributed by atoms with Gasteiger partial charge in [-0.05, 0) is 30.9 Å². The van der Waals surface area contributed by atoms with Gasteiger partial charge in [0.15, 0.2) is 6.61 Å². The fraction of sp³-hybridized carbons (Fsp3) is 0.650. The van der Waals surface area contributed by atoms with Crippen molar-refractivity contribution in [2.75, 3.05) is 39.5 Å². The summed E-state index contributed by atoms with van der Waals surface area (Å²) < 4.78 is 11.2. The van der Waals surface area contributed by atoms with Gasteiger partial charge in [0.25, 0.3) is 5.91 Å². The van der Waals surface area contributed by atoms with Crippen LogP contribution in [0.1, 0.15) is 40.2 Å². The average molecular weight is 348 g/mol. The van der Waals surface area contributed by atoms with E-state index >= 15 is 0 Å². The van der Waals surface area contributed by atoms with Crippen molar-refractivity contribution < 1.29 is 14.3 Å². The highest BCUT2D eigenvalue weighted by Crippen LogP contribution is 2.30. The average Bonchev–Trinajstić information content (AvgIpc) is 2.58. The Hall–Kier alpha value is -1.59. The van der Waals surface area contributed by atoms with E-state index in [1.165, 1.54) is 0 Å². The van der Waals surface area contributed by atoms with Gasteiger partial charge in [0, 0.05) is 25.2 Å². The standard InChI is InChI=1S/C20H32N2O3/c1-19(2,3)16-8-6-7-9-17(16)25-14-18(23)21-15-20(4,5)22-10-12-24-13-11-22/h6-9H,10-15H2,1-5H3,(H,21,23). The number of ether oxygens (including phenoxy) is 2. The van der Waals surface area contributed by atoms with Crippen LogP contribution in [-0.2, 0) is 14.9 Å². The minimum Gasteiger partial charge on any atom is -0.483 e. The molecule has 0 bridgehead atoms. The predicted molar refractivity (Wildman–Crippen MR) is 100 cm³/mol. The maximum atomic E-state index is 12.2. The zero-order valence-electron chi connectivity index (χ0n) is 16.2. The number of hydrogen-bond acceptors (Lipinski definition) is 4. The number of morpholine rings is 1. The highest BCUT2D eigenvalue weighted by Gasteiger charge is 2.28. The van der Waals surface area contributed by atoms with Crippen LogP contribution in [0.3, 0.4) is 0 Å². The minimum atomic E-state index is -0.0945. The minimum absolute atomic E-state index is 0.0224. The summed E-state index contributed by atoms with van der Waals surface area (Å²) in [5.74, 6) is 0.683. The van der Waals surface area contributed by atoms with Crippen molar-refractivity contribution in [3.63, 3.8) is 0 Å². The molecule has 1 fully saturated rings. The molecule has 1 aliphatic heterocycles. The summed E-state index contributed by atoms with van der Waals surface area (Å²) in [5, 5.41) is 3.00. The zero-order chi connectivity index (χ0) is 18.5. The molecule has 1 aromatic rings. The highest BCUT2D eigenvalue weighted by molar-refractivity contribution is 5.77. The first kappa shape index (κ1) is 19.7. The maximum Gasteiger partial charge on any atom is 0.258 e. The molecule has 2 rings (SSSR count). The van der Waals surface area contributed by atoms with Gasteiger partial charge in [-0.2, -0.15) is 0 Å². The Morgan fingerprint density at radius 3 is 2.44 bits per heavy atom. The van der Waals surface area contributed by atoms with E-state index < -0.39 is 0 Å². The molecule has 0 unspecified atom stereocenters. The summed E-state index contributed by atoms with van der Waals surface area (Å²) in [5.41, 5.74) is 0.991. The van der Waals surface area contributed by atoms with Gasteiger partial charge in [-0.3, -0.25) is 9.69 Å². The second-order valence-corrected chi connectivity index (χ2v) is 8.22. The molecule has 0 radical (unpaired) electrons. The van der Waals surface area contributed by atoms with Crippen LogP contribution in [0.5, 0.6) is 5.75 Å². The number of carbonyl (C=O) groups excluding carboxylic acids is 1. The Balaban J connectivity index is 1.85. The molecular formula is C20H32N2O3. The first-order valence-corrected chi connectivity index (χ1v) is 9.02. The van der Waals surface area contributed by atoms with Crippen molar-refractivity contribution in [1.82, 2.24) is 10.2 Å². The van der Waals surface area contributed by atoms with E-state index in [9.17, 15) is 4.79 Å². The Kier molecular flexibility index (Phi) is 6.47. The quantitative estimate of drug-likeness (QED) is 0.858. The first-order valence-electron chi connectivity index (χ1n) is 9.02. The van der Waals surface area contributed by atoms with E-state index in [4.69, 9.17) is 9.47 Å². The summed E-state index contributed by atoms with van der Waals surface area (Å²) in [6, 6.07) is 7.91. The second kappa shape index (κ2) is 8.19. The molecule has 0 atom stereocenters. The maximum absolute atomic E-state index is 12.2. The normalized spacial score (nSPS) is 16.5. The Bertz CT molecular complexity index is 573. The molecule has 1 aromatic carbocycles. The van der Waals surface area contributed by atoms with E-state index in [-0.39, 0.29) is 23.5 Å². The largest absolute Gasteiger partial charge is 0.483 e. The molecule has 1 amide bonds. The van der Waals surface area contributed by atoms with Gasteiger partial charge in [-0.1, -0.05) is 39.0 Å². The molecule has 1 saturated heterocycles. The van der Waals surface area contributed by atoms with Crippen LogP contribution in [0, 0.1) is 0 Å². The van der Waals surface area contributed by atoms with E-state index in [2.05, 4.69) is 50.9 Å². The lowest BCUT2D eigenvalue weighted by Gasteiger charge is -2.40. The second-order valence-electron chi connectivity index (χ2n) is 8.22. The fourth-order valence-electron chi connectivity index (χ4n) is 3.00. The Labute approximate surface area is 151 Å². The monoisotopic (exact) mass is 348 g/mol. The van der Waals surface area contributed by atoms with Gasteiger partial charge < -0.3 is 14.8 Å². The lowest BCUT2D eigenvalue weighted by Crippen LogP contribution is -2.55. The smallest absolute Gasteiger partial charge is 0.258 e. The number of rotatable bonds is 6. The molecular weight excluding hydrogens is 316 g/mol. The Morgan fingerprint density at radius 2 is 1.80 bits per heavy atom. The topological polar surface area (TPSA) is 50.8 Å². The number of para-hydroxylation sites is 1. The van der Waals surface area contributed by atoms with Crippen molar-refractivity contribution in [1.29, 1.82) is 0 Å². The molecule has 0 aliphatic carbocycles. The van der Waals surface area contributed by atoms with Crippen LogP contribution >= 0.6 is 0 Å². The molecule has 5 heteroatoms. The van der Waals surface area contributed by atoms with Crippen LogP contribution in [-0.4, -0.2) is 55.8 Å². The molecule has 1 aliphatic rings. The highest BCUT2D eigenvalue weighted by atomic mass is 16.5. The molecule has 0 aromatic heterocycles. The SMILES string of the molecule is CC(C)(C)c1ccccc1OCC(=O)NCC(C)(C)N1CCOCC1. The summed E-state index contributed by atoms with van der Waals surface area (Å²) in [6.07, 6.45) is 0. The molecule has 1 heterocycles. The molecule has 5 nitrogen and oxygen atoms in total. The van der Waals surface area contributed by atoms with Crippen molar-refractivity contribution in [3.8, 4) is 5.75 Å². The first-order chi connectivity index (χ1) is 11.7. The third-order valence-corrected chi connectivity index (χ3v) is 4.64. The molecule has 0 saturated carbocycles. The van der Waals surface area contributed by atoms with Gasteiger partial charge in [-0.25, -0.2) is 0 Å². The number of nitrogens with one attached hydrogen (secondary N) is 1. The molecule has 25 heavy (non-hydrogen) atoms. The lowest BCUT2D eigenvalue weighted by molar-refractivity contribution is -0.123. The number of amides is 1. The Morgan fingerprint density at radius 1 is 1.16 bits per heavy atom. The van der Waals surface area contributed by atoms with Crippen LogP contribution in [0.25, 0.3) is 0 Å². The van der Waals surface area contributed by atoms with E-state index in [0.29, 0.717) is 6.54 Å². The third-order valence-electron chi connectivity index (χ3n) is 4.64. The number of nitrogens with zero attached hydrogens (tertiary/aromatic N) is 1. The summed E-state index contributed by atoms with van der Waals surface area (Å²) >= 11 is 0. The zero-order valence-corrected chi connectivity index (χ0v) is 16.2. The number of benzene rings is 1. The molecule has 0 spiro atoms. The van der Waals surface area contributed by atoms with Crippen molar-refractivity contribution in [2.24, 2.45) is 0 Å². The fourth-order valence-corrected chi connectivity index (χ4v) is 3.00. The number of carbonyl (C=O) groups is 1. The number of hydrogen-bond donors (Lipinski definition) is 1. The molecule has 1 N–H and O–H groups in total. The van der Waals surface area contributed by atoms with Crippen LogP contribution in [0.4, 0.5) is 0 Å². The predicted octanol–water partition coefficient (Wildman–Crippen LogP) is 2.59. The van der Waals surface area contributed by atoms with Gasteiger partial charge in [0.2, 0.25) is 0 Å². The summed E-state index contributed by atoms with van der Waals surface area (Å²) in [7, 11) is 0. The van der Waals surface area contributed by atoms with Crippen molar-refractivity contribution in [3.05, 3.63) is 29.8 Å². The summed E-state index contributed by atoms with van der Waals surface area (Å²) in [6.45, 7) is 14.6. The van der Waals surface area contributed by atoms with Crippen molar-refractivity contribution >= 4 is 5.91 Å². The summed E-state index contributed by atoms with van der Waals surface area (Å²) in [4.78, 5) is 14.6. The van der Waals surface area contributed by atoms with E-state index in [0.717, 1.165) is 37.6 Å².